The molecule has 1 N–H and O–H groups in total. The Labute approximate surface area is 96.0 Å². The summed E-state index contributed by atoms with van der Waals surface area (Å²) in [5.74, 6) is 0.0646. The van der Waals surface area contributed by atoms with Crippen LogP contribution in [0.3, 0.4) is 0 Å². The summed E-state index contributed by atoms with van der Waals surface area (Å²) in [7, 11) is 0. The molecule has 0 radical (unpaired) electrons. The standard InChI is InChI=1S/C12H19NO3/c1-3-4-12(15)16-8-10-5-6-11(7-10)13-9(2)14/h5-6,10-11H,3-4,7-8H2,1-2H3,(H,13,14). The van der Waals surface area contributed by atoms with Gasteiger partial charge in [0, 0.05) is 25.3 Å². The topological polar surface area (TPSA) is 55.4 Å². The molecule has 1 rings (SSSR count). The van der Waals surface area contributed by atoms with Gasteiger partial charge in [-0.15, -0.1) is 0 Å². The van der Waals surface area contributed by atoms with Gasteiger partial charge in [0.1, 0.15) is 0 Å². The first kappa shape index (κ1) is 12.7. The zero-order chi connectivity index (χ0) is 12.0. The largest absolute Gasteiger partial charge is 0.465 e. The highest BCUT2D eigenvalue weighted by Crippen LogP contribution is 2.18. The van der Waals surface area contributed by atoms with Crippen LogP contribution in [0.1, 0.15) is 33.1 Å². The summed E-state index contributed by atoms with van der Waals surface area (Å²) in [4.78, 5) is 22.0. The molecular weight excluding hydrogens is 206 g/mol. The van der Waals surface area contributed by atoms with Crippen molar-refractivity contribution < 1.29 is 14.3 Å². The third-order valence-electron chi connectivity index (χ3n) is 2.47. The summed E-state index contributed by atoms with van der Waals surface area (Å²) in [6.07, 6.45) is 6.07. The fraction of sp³-hybridized carbons (Fsp3) is 0.667. The van der Waals surface area contributed by atoms with Crippen LogP contribution < -0.4 is 5.32 Å². The molecule has 1 amide bonds. The first-order valence-corrected chi connectivity index (χ1v) is 5.73. The van der Waals surface area contributed by atoms with Crippen molar-refractivity contribution in [3.8, 4) is 0 Å². The quantitative estimate of drug-likeness (QED) is 0.568. The predicted octanol–water partition coefficient (Wildman–Crippen LogP) is 1.41. The molecule has 2 unspecified atom stereocenters. The van der Waals surface area contributed by atoms with Gasteiger partial charge in [0.2, 0.25) is 5.91 Å². The molecule has 0 aromatic carbocycles. The van der Waals surface area contributed by atoms with E-state index < -0.39 is 0 Å². The maximum atomic E-state index is 11.1. The number of nitrogens with one attached hydrogen (secondary N) is 1. The van der Waals surface area contributed by atoms with Crippen LogP contribution in [0.5, 0.6) is 0 Å². The molecule has 1 aliphatic carbocycles. The van der Waals surface area contributed by atoms with Crippen LogP contribution in [0.15, 0.2) is 12.2 Å². The lowest BCUT2D eigenvalue weighted by atomic mass is 10.1. The predicted molar refractivity (Wildman–Crippen MR) is 60.7 cm³/mol. The summed E-state index contributed by atoms with van der Waals surface area (Å²) < 4.78 is 5.12. The Morgan fingerprint density at radius 1 is 1.44 bits per heavy atom. The van der Waals surface area contributed by atoms with Crippen molar-refractivity contribution in [1.82, 2.24) is 5.32 Å². The molecule has 0 saturated heterocycles. The minimum Gasteiger partial charge on any atom is -0.465 e. The number of amides is 1. The second-order valence-electron chi connectivity index (χ2n) is 4.12. The van der Waals surface area contributed by atoms with Crippen LogP contribution in [-0.4, -0.2) is 24.5 Å². The number of carbonyl (C=O) groups excluding carboxylic acids is 2. The lowest BCUT2D eigenvalue weighted by molar-refractivity contribution is -0.144. The van der Waals surface area contributed by atoms with E-state index in [1.807, 2.05) is 19.1 Å². The van der Waals surface area contributed by atoms with E-state index in [9.17, 15) is 9.59 Å². The van der Waals surface area contributed by atoms with Crippen molar-refractivity contribution in [2.45, 2.75) is 39.2 Å². The third-order valence-corrected chi connectivity index (χ3v) is 2.47. The van der Waals surface area contributed by atoms with Gasteiger partial charge in [0.25, 0.3) is 0 Å². The lowest BCUT2D eigenvalue weighted by Gasteiger charge is -2.12. The summed E-state index contributed by atoms with van der Waals surface area (Å²) in [6.45, 7) is 3.87. The number of carbonyl (C=O) groups is 2. The molecule has 0 spiro atoms. The zero-order valence-corrected chi connectivity index (χ0v) is 9.86. The van der Waals surface area contributed by atoms with Crippen molar-refractivity contribution in [2.75, 3.05) is 6.61 Å². The maximum absolute atomic E-state index is 11.1. The van der Waals surface area contributed by atoms with Crippen LogP contribution in [-0.2, 0) is 14.3 Å². The molecular formula is C12H19NO3. The van der Waals surface area contributed by atoms with E-state index in [-0.39, 0.29) is 23.8 Å². The Balaban J connectivity index is 2.20. The van der Waals surface area contributed by atoms with Gasteiger partial charge in [-0.2, -0.15) is 0 Å². The molecule has 2 atom stereocenters. The highest BCUT2D eigenvalue weighted by atomic mass is 16.5. The average Bonchev–Trinajstić information content (AvgIpc) is 2.62. The van der Waals surface area contributed by atoms with Gasteiger partial charge in [-0.3, -0.25) is 9.59 Å². The Bertz CT molecular complexity index is 286. The lowest BCUT2D eigenvalue weighted by Crippen LogP contribution is -2.30. The van der Waals surface area contributed by atoms with E-state index >= 15 is 0 Å². The van der Waals surface area contributed by atoms with Crippen LogP contribution in [0.2, 0.25) is 0 Å². The molecule has 4 nitrogen and oxygen atoms in total. The molecule has 1 aliphatic rings. The molecule has 90 valence electrons. The monoisotopic (exact) mass is 225 g/mol. The summed E-state index contributed by atoms with van der Waals surface area (Å²) in [5, 5.41) is 2.82. The molecule has 0 heterocycles. The van der Waals surface area contributed by atoms with Crippen molar-refractivity contribution in [1.29, 1.82) is 0 Å². The normalized spacial score (nSPS) is 23.1. The van der Waals surface area contributed by atoms with Gasteiger partial charge < -0.3 is 10.1 Å². The van der Waals surface area contributed by atoms with Gasteiger partial charge in [-0.25, -0.2) is 0 Å². The van der Waals surface area contributed by atoms with Crippen molar-refractivity contribution in [3.05, 3.63) is 12.2 Å². The van der Waals surface area contributed by atoms with E-state index in [1.54, 1.807) is 0 Å². The minimum absolute atomic E-state index is 0.0294. The Morgan fingerprint density at radius 2 is 2.19 bits per heavy atom. The first-order valence-electron chi connectivity index (χ1n) is 5.73. The Morgan fingerprint density at radius 3 is 2.81 bits per heavy atom. The van der Waals surface area contributed by atoms with Crippen LogP contribution in [0, 0.1) is 5.92 Å². The van der Waals surface area contributed by atoms with E-state index in [0.29, 0.717) is 13.0 Å². The minimum atomic E-state index is -0.140. The van der Waals surface area contributed by atoms with E-state index in [4.69, 9.17) is 4.74 Å². The highest BCUT2D eigenvalue weighted by Gasteiger charge is 2.20. The smallest absolute Gasteiger partial charge is 0.305 e. The number of ether oxygens (including phenoxy) is 1. The summed E-state index contributed by atoms with van der Waals surface area (Å²) in [6, 6.07) is 0.0902. The van der Waals surface area contributed by atoms with Crippen LogP contribution >= 0.6 is 0 Å². The second kappa shape index (κ2) is 6.30. The fourth-order valence-electron chi connectivity index (χ4n) is 1.74. The highest BCUT2D eigenvalue weighted by molar-refractivity contribution is 5.73. The number of rotatable bonds is 5. The Kier molecular flexibility index (Phi) is 5.02. The van der Waals surface area contributed by atoms with Crippen molar-refractivity contribution in [3.63, 3.8) is 0 Å². The molecule has 16 heavy (non-hydrogen) atoms. The summed E-state index contributed by atoms with van der Waals surface area (Å²) in [5.41, 5.74) is 0. The van der Waals surface area contributed by atoms with E-state index in [1.165, 1.54) is 6.92 Å². The fourth-order valence-corrected chi connectivity index (χ4v) is 1.74. The van der Waals surface area contributed by atoms with Gasteiger partial charge in [0.05, 0.1) is 6.61 Å². The molecule has 4 heteroatoms. The zero-order valence-electron chi connectivity index (χ0n) is 9.86. The molecule has 0 bridgehead atoms. The Hall–Kier alpha value is -1.32. The van der Waals surface area contributed by atoms with E-state index in [0.717, 1.165) is 12.8 Å². The van der Waals surface area contributed by atoms with Crippen molar-refractivity contribution >= 4 is 11.9 Å². The molecule has 0 aliphatic heterocycles. The van der Waals surface area contributed by atoms with Crippen LogP contribution in [0.4, 0.5) is 0 Å². The van der Waals surface area contributed by atoms with E-state index in [2.05, 4.69) is 5.32 Å². The molecule has 0 saturated carbocycles. The molecule has 0 aromatic rings. The SMILES string of the molecule is CCCC(=O)OCC1C=CC(NC(C)=O)C1. The number of esters is 1. The first-order chi connectivity index (χ1) is 7.61. The number of hydrogen-bond donors (Lipinski definition) is 1. The van der Waals surface area contributed by atoms with Gasteiger partial charge in [-0.1, -0.05) is 19.1 Å². The number of hydrogen-bond acceptors (Lipinski definition) is 3. The summed E-state index contributed by atoms with van der Waals surface area (Å²) >= 11 is 0. The molecule has 0 fully saturated rings. The third kappa shape index (κ3) is 4.47. The van der Waals surface area contributed by atoms with Gasteiger partial charge in [0.15, 0.2) is 0 Å². The maximum Gasteiger partial charge on any atom is 0.305 e. The average molecular weight is 225 g/mol. The van der Waals surface area contributed by atoms with Crippen LogP contribution in [0.25, 0.3) is 0 Å². The molecule has 0 aromatic heterocycles. The van der Waals surface area contributed by atoms with Gasteiger partial charge in [-0.05, 0) is 12.8 Å². The van der Waals surface area contributed by atoms with Gasteiger partial charge >= 0.3 is 5.97 Å². The second-order valence-corrected chi connectivity index (χ2v) is 4.12. The van der Waals surface area contributed by atoms with Crippen molar-refractivity contribution in [2.24, 2.45) is 5.92 Å².